The lowest BCUT2D eigenvalue weighted by Gasteiger charge is -2.40. The third-order valence-electron chi connectivity index (χ3n) is 3.83. The van der Waals surface area contributed by atoms with Crippen LogP contribution in [0, 0.1) is 11.2 Å². The van der Waals surface area contributed by atoms with Gasteiger partial charge >= 0.3 is 0 Å². The Kier molecular flexibility index (Phi) is 4.14. The second-order valence-corrected chi connectivity index (χ2v) is 6.62. The van der Waals surface area contributed by atoms with Crippen LogP contribution in [0.3, 0.4) is 0 Å². The number of rotatable bonds is 3. The zero-order valence-corrected chi connectivity index (χ0v) is 12.2. The highest BCUT2D eigenvalue weighted by molar-refractivity contribution is 5.55. The van der Waals surface area contributed by atoms with Gasteiger partial charge in [0, 0.05) is 19.1 Å². The lowest BCUT2D eigenvalue weighted by Crippen LogP contribution is -2.41. The molecule has 0 amide bonds. The van der Waals surface area contributed by atoms with Crippen LogP contribution in [0.5, 0.6) is 0 Å². The lowest BCUT2D eigenvalue weighted by molar-refractivity contribution is 0.291. The maximum absolute atomic E-state index is 14.3. The molecule has 0 bridgehead atoms. The molecule has 1 aliphatic rings. The predicted octanol–water partition coefficient (Wildman–Crippen LogP) is 3.34. The van der Waals surface area contributed by atoms with E-state index in [4.69, 9.17) is 5.73 Å². The topological polar surface area (TPSA) is 29.3 Å². The summed E-state index contributed by atoms with van der Waals surface area (Å²) < 4.78 is 14.3. The molecule has 0 saturated carbocycles. The van der Waals surface area contributed by atoms with Crippen LogP contribution in [0.1, 0.15) is 39.2 Å². The Hall–Kier alpha value is -1.09. The fourth-order valence-electron chi connectivity index (χ4n) is 3.04. The summed E-state index contributed by atoms with van der Waals surface area (Å²) in [4.78, 5) is 2.20. The zero-order valence-electron chi connectivity index (χ0n) is 12.2. The second kappa shape index (κ2) is 5.49. The number of halogens is 1. The number of anilines is 1. The lowest BCUT2D eigenvalue weighted by atomic mass is 9.83. The molecule has 1 saturated heterocycles. The molecule has 2 nitrogen and oxygen atoms in total. The number of nitrogens with two attached hydrogens (primary N) is 1. The van der Waals surface area contributed by atoms with Crippen molar-refractivity contribution >= 4 is 5.69 Å². The van der Waals surface area contributed by atoms with Gasteiger partial charge in [-0.3, -0.25) is 0 Å². The molecule has 1 fully saturated rings. The van der Waals surface area contributed by atoms with Crippen LogP contribution in [0.2, 0.25) is 0 Å². The average molecular weight is 264 g/mol. The van der Waals surface area contributed by atoms with Crippen molar-refractivity contribution in [2.24, 2.45) is 11.1 Å². The maximum Gasteiger partial charge on any atom is 0.146 e. The summed E-state index contributed by atoms with van der Waals surface area (Å²) in [5, 5.41) is 0. The molecule has 1 aromatic rings. The van der Waals surface area contributed by atoms with Crippen molar-refractivity contribution in [3.8, 4) is 0 Å². The van der Waals surface area contributed by atoms with Gasteiger partial charge in [-0.2, -0.15) is 0 Å². The van der Waals surface area contributed by atoms with Crippen molar-refractivity contribution < 1.29 is 4.39 Å². The summed E-state index contributed by atoms with van der Waals surface area (Å²) in [6.07, 6.45) is 3.06. The van der Waals surface area contributed by atoms with Crippen LogP contribution in [-0.2, 0) is 6.42 Å². The Morgan fingerprint density at radius 3 is 2.79 bits per heavy atom. The number of para-hydroxylation sites is 1. The Morgan fingerprint density at radius 2 is 2.16 bits per heavy atom. The van der Waals surface area contributed by atoms with Crippen LogP contribution in [0.4, 0.5) is 10.1 Å². The van der Waals surface area contributed by atoms with Crippen molar-refractivity contribution in [2.45, 2.75) is 46.1 Å². The van der Waals surface area contributed by atoms with E-state index in [0.29, 0.717) is 0 Å². The highest BCUT2D eigenvalue weighted by atomic mass is 19.1. The molecule has 0 radical (unpaired) electrons. The molecule has 19 heavy (non-hydrogen) atoms. The van der Waals surface area contributed by atoms with Gasteiger partial charge in [-0.15, -0.1) is 0 Å². The molecule has 106 valence electrons. The van der Waals surface area contributed by atoms with Crippen LogP contribution in [0.15, 0.2) is 18.2 Å². The van der Waals surface area contributed by atoms with E-state index in [9.17, 15) is 4.39 Å². The van der Waals surface area contributed by atoms with Gasteiger partial charge in [0.05, 0.1) is 5.69 Å². The first kappa shape index (κ1) is 14.3. The molecular formula is C16H25FN2. The van der Waals surface area contributed by atoms with Gasteiger partial charge in [-0.1, -0.05) is 26.0 Å². The van der Waals surface area contributed by atoms with E-state index in [2.05, 4.69) is 18.7 Å². The molecule has 1 aromatic carbocycles. The largest absolute Gasteiger partial charge is 0.368 e. The maximum atomic E-state index is 14.3. The molecule has 1 unspecified atom stereocenters. The van der Waals surface area contributed by atoms with E-state index in [-0.39, 0.29) is 17.3 Å². The van der Waals surface area contributed by atoms with Crippen LogP contribution in [0.25, 0.3) is 0 Å². The minimum atomic E-state index is -0.115. The SMILES string of the molecule is CC(N)Cc1cccc(F)c1N1CCCC(C)(C)C1. The van der Waals surface area contributed by atoms with E-state index in [1.807, 2.05) is 13.0 Å². The van der Waals surface area contributed by atoms with Crippen LogP contribution < -0.4 is 10.6 Å². The summed E-state index contributed by atoms with van der Waals surface area (Å²) in [5.74, 6) is -0.115. The normalized spacial score (nSPS) is 20.4. The Bertz CT molecular complexity index is 440. The minimum absolute atomic E-state index is 0.0540. The van der Waals surface area contributed by atoms with Gasteiger partial charge in [0.15, 0.2) is 0 Å². The summed E-state index contributed by atoms with van der Waals surface area (Å²) in [6, 6.07) is 5.40. The molecular weight excluding hydrogens is 239 g/mol. The minimum Gasteiger partial charge on any atom is -0.368 e. The molecule has 1 heterocycles. The summed E-state index contributed by atoms with van der Waals surface area (Å²) in [7, 11) is 0. The van der Waals surface area contributed by atoms with Crippen molar-refractivity contribution in [3.63, 3.8) is 0 Å². The van der Waals surface area contributed by atoms with Gasteiger partial charge in [0.25, 0.3) is 0 Å². The molecule has 1 aliphatic heterocycles. The number of hydrogen-bond donors (Lipinski definition) is 1. The molecule has 2 rings (SSSR count). The third kappa shape index (κ3) is 3.47. The van der Waals surface area contributed by atoms with E-state index >= 15 is 0 Å². The molecule has 3 heteroatoms. The first-order valence-corrected chi connectivity index (χ1v) is 7.17. The Morgan fingerprint density at radius 1 is 1.42 bits per heavy atom. The fraction of sp³-hybridized carbons (Fsp3) is 0.625. The predicted molar refractivity (Wildman–Crippen MR) is 79.0 cm³/mol. The molecule has 0 spiro atoms. The van der Waals surface area contributed by atoms with Gasteiger partial charge in [0.1, 0.15) is 5.82 Å². The number of piperidine rings is 1. The number of nitrogens with zero attached hydrogens (tertiary/aromatic N) is 1. The highest BCUT2D eigenvalue weighted by Gasteiger charge is 2.28. The summed E-state index contributed by atoms with van der Waals surface area (Å²) in [5.41, 5.74) is 7.95. The van der Waals surface area contributed by atoms with E-state index in [1.54, 1.807) is 12.1 Å². The molecule has 1 atom stereocenters. The quantitative estimate of drug-likeness (QED) is 0.907. The standard InChI is InChI=1S/C16H25FN2/c1-12(18)10-13-6-4-7-14(17)15(13)19-9-5-8-16(2,3)11-19/h4,6-7,12H,5,8-11,18H2,1-3H3. The van der Waals surface area contributed by atoms with E-state index in [0.717, 1.165) is 37.2 Å². The van der Waals surface area contributed by atoms with Crippen molar-refractivity contribution in [1.29, 1.82) is 0 Å². The smallest absolute Gasteiger partial charge is 0.146 e. The Labute approximate surface area is 115 Å². The zero-order chi connectivity index (χ0) is 14.0. The van der Waals surface area contributed by atoms with E-state index < -0.39 is 0 Å². The fourth-order valence-corrected chi connectivity index (χ4v) is 3.04. The Balaban J connectivity index is 2.32. The van der Waals surface area contributed by atoms with Gasteiger partial charge < -0.3 is 10.6 Å². The second-order valence-electron chi connectivity index (χ2n) is 6.62. The monoisotopic (exact) mass is 264 g/mol. The first-order valence-electron chi connectivity index (χ1n) is 7.17. The van der Waals surface area contributed by atoms with Gasteiger partial charge in [0.2, 0.25) is 0 Å². The molecule has 0 aliphatic carbocycles. The summed E-state index contributed by atoms with van der Waals surface area (Å²) in [6.45, 7) is 8.33. The summed E-state index contributed by atoms with van der Waals surface area (Å²) >= 11 is 0. The van der Waals surface area contributed by atoms with Crippen molar-refractivity contribution in [1.82, 2.24) is 0 Å². The van der Waals surface area contributed by atoms with Gasteiger partial charge in [-0.05, 0) is 43.2 Å². The number of hydrogen-bond acceptors (Lipinski definition) is 2. The number of benzene rings is 1. The van der Waals surface area contributed by atoms with Crippen molar-refractivity contribution in [2.75, 3.05) is 18.0 Å². The average Bonchev–Trinajstić information content (AvgIpc) is 2.26. The molecule has 0 aromatic heterocycles. The first-order chi connectivity index (χ1) is 8.89. The van der Waals surface area contributed by atoms with Gasteiger partial charge in [-0.25, -0.2) is 4.39 Å². The van der Waals surface area contributed by atoms with Crippen LogP contribution >= 0.6 is 0 Å². The van der Waals surface area contributed by atoms with E-state index in [1.165, 1.54) is 6.42 Å². The molecule has 2 N–H and O–H groups in total. The van der Waals surface area contributed by atoms with Crippen LogP contribution in [-0.4, -0.2) is 19.1 Å². The third-order valence-corrected chi connectivity index (χ3v) is 3.83. The highest BCUT2D eigenvalue weighted by Crippen LogP contribution is 2.34. The van der Waals surface area contributed by atoms with Crippen molar-refractivity contribution in [3.05, 3.63) is 29.6 Å².